The van der Waals surface area contributed by atoms with Crippen LogP contribution in [0.2, 0.25) is 0 Å². The summed E-state index contributed by atoms with van der Waals surface area (Å²) in [5, 5.41) is 9.91. The molecule has 0 aliphatic rings. The van der Waals surface area contributed by atoms with Crippen LogP contribution in [0.5, 0.6) is 5.75 Å². The molecule has 0 aliphatic carbocycles. The summed E-state index contributed by atoms with van der Waals surface area (Å²) in [6.07, 6.45) is -0.943. The van der Waals surface area contributed by atoms with Crippen molar-refractivity contribution in [3.63, 3.8) is 0 Å². The Bertz CT molecular complexity index is 1540. The van der Waals surface area contributed by atoms with E-state index >= 15 is 0 Å². The molecule has 220 valence electrons. The van der Waals surface area contributed by atoms with Crippen molar-refractivity contribution in [1.29, 1.82) is 0 Å². The van der Waals surface area contributed by atoms with Crippen LogP contribution in [-0.4, -0.2) is 38.7 Å². The topological polar surface area (TPSA) is 81.1 Å². The highest BCUT2D eigenvalue weighted by atomic mass is 32.1. The normalized spacial score (nSPS) is 11.4. The maximum atomic E-state index is 13.6. The van der Waals surface area contributed by atoms with Crippen molar-refractivity contribution in [2.75, 3.05) is 6.54 Å². The number of urea groups is 1. The maximum absolute atomic E-state index is 13.6. The SMILES string of the molecule is CC(C)c1cc(F)ccc1C(=S)NC(=O)NCCCCc1cccc(-c2ncn(-c3ccc(OC(F)(F)F)cc3)n2)c1. The number of benzene rings is 3. The lowest BCUT2D eigenvalue weighted by atomic mass is 9.97. The van der Waals surface area contributed by atoms with E-state index in [0.29, 0.717) is 23.6 Å². The number of ether oxygens (including phenoxy) is 1. The summed E-state index contributed by atoms with van der Waals surface area (Å²) in [6.45, 7) is 4.32. The van der Waals surface area contributed by atoms with Gasteiger partial charge in [0.15, 0.2) is 5.82 Å². The number of nitrogens with one attached hydrogen (secondary N) is 2. The van der Waals surface area contributed by atoms with E-state index in [1.807, 2.05) is 38.1 Å². The van der Waals surface area contributed by atoms with Crippen LogP contribution in [-0.2, 0) is 6.42 Å². The van der Waals surface area contributed by atoms with Crippen LogP contribution in [0.25, 0.3) is 17.1 Å². The number of thiocarbonyl (C=S) groups is 1. The molecule has 4 aromatic rings. The lowest BCUT2D eigenvalue weighted by molar-refractivity contribution is -0.274. The molecule has 0 saturated carbocycles. The van der Waals surface area contributed by atoms with E-state index in [9.17, 15) is 22.4 Å². The third-order valence-corrected chi connectivity index (χ3v) is 6.62. The Morgan fingerprint density at radius 2 is 1.81 bits per heavy atom. The molecule has 0 saturated heterocycles. The van der Waals surface area contributed by atoms with Crippen molar-refractivity contribution in [2.24, 2.45) is 0 Å². The summed E-state index contributed by atoms with van der Waals surface area (Å²) in [7, 11) is 0. The molecule has 2 amide bonds. The quantitative estimate of drug-likeness (QED) is 0.116. The summed E-state index contributed by atoms with van der Waals surface area (Å²) < 4.78 is 56.2. The van der Waals surface area contributed by atoms with Gasteiger partial charge in [0.1, 0.15) is 22.9 Å². The third-order valence-electron chi connectivity index (χ3n) is 6.30. The molecule has 7 nitrogen and oxygen atoms in total. The average Bonchev–Trinajstić information content (AvgIpc) is 3.43. The number of unbranched alkanes of at least 4 members (excludes halogenated alkanes) is 1. The van der Waals surface area contributed by atoms with Gasteiger partial charge in [-0.3, -0.25) is 5.32 Å². The molecule has 1 aromatic heterocycles. The lowest BCUT2D eigenvalue weighted by Crippen LogP contribution is -2.39. The number of alkyl halides is 3. The van der Waals surface area contributed by atoms with Gasteiger partial charge < -0.3 is 10.1 Å². The van der Waals surface area contributed by atoms with Crippen LogP contribution in [0, 0.1) is 5.82 Å². The number of carbonyl (C=O) groups excluding carboxylic acids is 1. The molecule has 42 heavy (non-hydrogen) atoms. The molecular weight excluding hydrogens is 570 g/mol. The van der Waals surface area contributed by atoms with Crippen molar-refractivity contribution in [3.05, 3.63) is 95.6 Å². The fraction of sp³-hybridized carbons (Fsp3) is 0.267. The number of halogens is 4. The number of rotatable bonds is 10. The number of aromatic nitrogens is 3. The standard InChI is InChI=1S/C30H29F4N5O2S/c1-19(2)26-17-22(31)9-14-25(26)28(42)37-29(40)35-15-4-3-6-20-7-5-8-21(16-20)27-36-18-39(38-27)23-10-12-24(13-11-23)41-30(32,33)34/h5,7-14,16-19H,3-4,6,15H2,1-2H3,(H2,35,37,40,42). The monoisotopic (exact) mass is 599 g/mol. The van der Waals surface area contributed by atoms with Gasteiger partial charge in [0, 0.05) is 17.7 Å². The second-order valence-corrected chi connectivity index (χ2v) is 10.2. The van der Waals surface area contributed by atoms with Crippen molar-refractivity contribution in [1.82, 2.24) is 25.4 Å². The van der Waals surface area contributed by atoms with E-state index in [4.69, 9.17) is 12.2 Å². The van der Waals surface area contributed by atoms with E-state index in [-0.39, 0.29) is 22.5 Å². The molecule has 3 aromatic carbocycles. The molecule has 0 atom stereocenters. The van der Waals surface area contributed by atoms with Gasteiger partial charge in [-0.1, -0.05) is 44.3 Å². The second kappa shape index (κ2) is 13.6. The summed E-state index contributed by atoms with van der Waals surface area (Å²) >= 11 is 5.37. The van der Waals surface area contributed by atoms with E-state index in [2.05, 4.69) is 25.5 Å². The Hall–Kier alpha value is -4.32. The van der Waals surface area contributed by atoms with E-state index in [1.54, 1.807) is 6.07 Å². The molecular formula is C30H29F4N5O2S. The first-order valence-electron chi connectivity index (χ1n) is 13.2. The molecule has 1 heterocycles. The van der Waals surface area contributed by atoms with Gasteiger partial charge in [-0.15, -0.1) is 18.3 Å². The van der Waals surface area contributed by atoms with Crippen LogP contribution in [0.15, 0.2) is 73.1 Å². The zero-order valence-corrected chi connectivity index (χ0v) is 23.7. The Kier molecular flexibility index (Phi) is 9.89. The summed E-state index contributed by atoms with van der Waals surface area (Å²) in [6, 6.07) is 17.0. The van der Waals surface area contributed by atoms with Gasteiger partial charge in [0.25, 0.3) is 0 Å². The molecule has 0 unspecified atom stereocenters. The Morgan fingerprint density at radius 3 is 2.52 bits per heavy atom. The molecule has 0 aliphatic heterocycles. The van der Waals surface area contributed by atoms with Crippen molar-refractivity contribution in [3.8, 4) is 22.8 Å². The summed E-state index contributed by atoms with van der Waals surface area (Å²) in [5.41, 5.74) is 3.77. The first kappa shape index (κ1) is 30.6. The predicted octanol–water partition coefficient (Wildman–Crippen LogP) is 7.09. The molecule has 0 bridgehead atoms. The van der Waals surface area contributed by atoms with Crippen molar-refractivity contribution >= 4 is 23.2 Å². The zero-order chi connectivity index (χ0) is 30.3. The fourth-order valence-corrected chi connectivity index (χ4v) is 4.55. The third kappa shape index (κ3) is 8.59. The minimum absolute atomic E-state index is 0.0472. The molecule has 12 heteroatoms. The minimum Gasteiger partial charge on any atom is -0.406 e. The highest BCUT2D eigenvalue weighted by molar-refractivity contribution is 7.80. The number of aryl methyl sites for hydroxylation is 1. The second-order valence-electron chi connectivity index (χ2n) is 9.81. The van der Waals surface area contributed by atoms with Gasteiger partial charge >= 0.3 is 12.4 Å². The number of amides is 2. The maximum Gasteiger partial charge on any atom is 0.573 e. The summed E-state index contributed by atoms with van der Waals surface area (Å²) in [4.78, 5) is 16.9. The predicted molar refractivity (Wildman–Crippen MR) is 155 cm³/mol. The molecule has 0 spiro atoms. The molecule has 0 fully saturated rings. The van der Waals surface area contributed by atoms with E-state index in [1.165, 1.54) is 47.4 Å². The Morgan fingerprint density at radius 1 is 1.05 bits per heavy atom. The van der Waals surface area contributed by atoms with Gasteiger partial charge in [-0.2, -0.15) is 0 Å². The van der Waals surface area contributed by atoms with Gasteiger partial charge in [0.2, 0.25) is 0 Å². The average molecular weight is 600 g/mol. The summed E-state index contributed by atoms with van der Waals surface area (Å²) in [5.74, 6) is -0.142. The van der Waals surface area contributed by atoms with Gasteiger partial charge in [0.05, 0.1) is 5.69 Å². The van der Waals surface area contributed by atoms with Gasteiger partial charge in [-0.25, -0.2) is 18.9 Å². The van der Waals surface area contributed by atoms with Crippen molar-refractivity contribution in [2.45, 2.75) is 45.4 Å². The van der Waals surface area contributed by atoms with Gasteiger partial charge in [-0.05, 0) is 84.8 Å². The first-order valence-corrected chi connectivity index (χ1v) is 13.6. The zero-order valence-electron chi connectivity index (χ0n) is 22.9. The highest BCUT2D eigenvalue weighted by Gasteiger charge is 2.31. The van der Waals surface area contributed by atoms with E-state index < -0.39 is 12.4 Å². The largest absolute Gasteiger partial charge is 0.573 e. The van der Waals surface area contributed by atoms with Crippen LogP contribution >= 0.6 is 12.2 Å². The molecule has 0 radical (unpaired) electrons. The molecule has 4 rings (SSSR count). The van der Waals surface area contributed by atoms with Crippen LogP contribution in [0.4, 0.5) is 22.4 Å². The first-order chi connectivity index (χ1) is 20.0. The Balaban J connectivity index is 1.24. The Labute approximate surface area is 245 Å². The minimum atomic E-state index is -4.75. The number of hydrogen-bond acceptors (Lipinski definition) is 5. The lowest BCUT2D eigenvalue weighted by Gasteiger charge is -2.15. The molecule has 2 N–H and O–H groups in total. The van der Waals surface area contributed by atoms with Crippen LogP contribution in [0.3, 0.4) is 0 Å². The van der Waals surface area contributed by atoms with E-state index in [0.717, 1.165) is 36.0 Å². The number of carbonyl (C=O) groups is 1. The van der Waals surface area contributed by atoms with Crippen molar-refractivity contribution < 1.29 is 27.1 Å². The number of nitrogens with zero attached hydrogens (tertiary/aromatic N) is 3. The van der Waals surface area contributed by atoms with Crippen LogP contribution in [0.1, 0.15) is 49.3 Å². The number of hydrogen-bond donors (Lipinski definition) is 2. The fourth-order valence-electron chi connectivity index (χ4n) is 4.27. The highest BCUT2D eigenvalue weighted by Crippen LogP contribution is 2.25. The van der Waals surface area contributed by atoms with Crippen LogP contribution < -0.4 is 15.4 Å². The smallest absolute Gasteiger partial charge is 0.406 e.